The zero-order valence-electron chi connectivity index (χ0n) is 14.6. The second-order valence-corrected chi connectivity index (χ2v) is 6.76. The molecular formula is C16H20F3N5O2. The van der Waals surface area contributed by atoms with Crippen LogP contribution in [-0.4, -0.2) is 53.0 Å². The maximum Gasteiger partial charge on any atom is 0.405 e. The highest BCUT2D eigenvalue weighted by molar-refractivity contribution is 6.39. The molecule has 1 spiro atoms. The van der Waals surface area contributed by atoms with E-state index >= 15 is 0 Å². The van der Waals surface area contributed by atoms with Gasteiger partial charge in [-0.25, -0.2) is 9.97 Å². The van der Waals surface area contributed by atoms with Crippen molar-refractivity contribution in [1.82, 2.24) is 15.3 Å². The van der Waals surface area contributed by atoms with Crippen molar-refractivity contribution in [2.75, 3.05) is 24.5 Å². The lowest BCUT2D eigenvalue weighted by atomic mass is 9.88. The first-order valence-electron chi connectivity index (χ1n) is 8.33. The topological polar surface area (TPSA) is 79.7 Å². The molecule has 0 aromatic carbocycles. The number of nitrogens with zero attached hydrogens (tertiary/aromatic N) is 4. The number of alkyl halides is 3. The molecule has 1 amide bonds. The van der Waals surface area contributed by atoms with Crippen molar-refractivity contribution in [1.29, 1.82) is 0 Å². The van der Waals surface area contributed by atoms with Crippen LogP contribution in [0.4, 0.5) is 19.1 Å². The third-order valence-corrected chi connectivity index (χ3v) is 4.34. The van der Waals surface area contributed by atoms with E-state index in [-0.39, 0.29) is 12.1 Å². The van der Waals surface area contributed by atoms with E-state index in [0.29, 0.717) is 18.9 Å². The van der Waals surface area contributed by atoms with Gasteiger partial charge in [0.25, 0.3) is 5.91 Å². The maximum absolute atomic E-state index is 12.2. The first-order valence-corrected chi connectivity index (χ1v) is 8.33. The Balaban J connectivity index is 1.66. The fourth-order valence-electron chi connectivity index (χ4n) is 3.26. The van der Waals surface area contributed by atoms with Gasteiger partial charge in [-0.3, -0.25) is 4.79 Å². The highest BCUT2D eigenvalue weighted by atomic mass is 19.4. The number of piperidine rings is 1. The maximum atomic E-state index is 12.2. The van der Waals surface area contributed by atoms with Gasteiger partial charge in [0.05, 0.1) is 6.54 Å². The fraction of sp³-hybridized carbons (Fsp3) is 0.625. The second-order valence-electron chi connectivity index (χ2n) is 6.76. The Morgan fingerprint density at radius 2 is 2.04 bits per heavy atom. The smallest absolute Gasteiger partial charge is 0.386 e. The molecule has 0 bridgehead atoms. The number of halogens is 3. The summed E-state index contributed by atoms with van der Waals surface area (Å²) >= 11 is 0. The molecule has 1 atom stereocenters. The van der Waals surface area contributed by atoms with Crippen LogP contribution in [0.5, 0.6) is 0 Å². The molecule has 3 heterocycles. The first kappa shape index (κ1) is 18.4. The zero-order chi connectivity index (χ0) is 18.9. The van der Waals surface area contributed by atoms with Crippen molar-refractivity contribution in [3.05, 3.63) is 17.5 Å². The molecule has 7 nitrogen and oxygen atoms in total. The van der Waals surface area contributed by atoms with E-state index in [1.807, 2.05) is 30.1 Å². The molecule has 26 heavy (non-hydrogen) atoms. The van der Waals surface area contributed by atoms with Gasteiger partial charge in [-0.15, -0.1) is 0 Å². The van der Waals surface area contributed by atoms with Crippen molar-refractivity contribution >= 4 is 17.6 Å². The van der Waals surface area contributed by atoms with Gasteiger partial charge in [-0.05, 0) is 32.8 Å². The van der Waals surface area contributed by atoms with Crippen LogP contribution in [0.15, 0.2) is 11.2 Å². The number of amides is 1. The predicted octanol–water partition coefficient (Wildman–Crippen LogP) is 1.89. The van der Waals surface area contributed by atoms with Crippen molar-refractivity contribution in [2.24, 2.45) is 5.16 Å². The minimum atomic E-state index is -4.46. The summed E-state index contributed by atoms with van der Waals surface area (Å²) in [5, 5.41) is 5.58. The first-order chi connectivity index (χ1) is 12.2. The number of aromatic nitrogens is 2. The Morgan fingerprint density at radius 1 is 1.35 bits per heavy atom. The van der Waals surface area contributed by atoms with Gasteiger partial charge in [0, 0.05) is 24.4 Å². The van der Waals surface area contributed by atoms with Gasteiger partial charge in [-0.1, -0.05) is 5.16 Å². The summed E-state index contributed by atoms with van der Waals surface area (Å²) < 4.78 is 36.7. The molecule has 142 valence electrons. The quantitative estimate of drug-likeness (QED) is 0.878. The number of anilines is 1. The van der Waals surface area contributed by atoms with Gasteiger partial charge in [0.15, 0.2) is 5.60 Å². The van der Waals surface area contributed by atoms with E-state index in [0.717, 1.165) is 24.4 Å². The number of oxime groups is 1. The molecule has 1 aromatic rings. The number of nitrogens with one attached hydrogen (secondary N) is 1. The van der Waals surface area contributed by atoms with E-state index in [1.165, 1.54) is 0 Å². The third-order valence-electron chi connectivity index (χ3n) is 4.34. The minimum absolute atomic E-state index is 0.0163. The normalized spacial score (nSPS) is 23.0. The van der Waals surface area contributed by atoms with Gasteiger partial charge < -0.3 is 15.1 Å². The molecule has 1 aromatic heterocycles. The summed E-state index contributed by atoms with van der Waals surface area (Å²) in [7, 11) is 0. The average Bonchev–Trinajstić information content (AvgIpc) is 2.94. The van der Waals surface area contributed by atoms with Crippen molar-refractivity contribution < 1.29 is 22.8 Å². The van der Waals surface area contributed by atoms with Crippen LogP contribution in [0.1, 0.15) is 30.7 Å². The van der Waals surface area contributed by atoms with Gasteiger partial charge >= 0.3 is 6.18 Å². The van der Waals surface area contributed by atoms with Crippen LogP contribution in [0.3, 0.4) is 0 Å². The van der Waals surface area contributed by atoms with E-state index < -0.39 is 24.2 Å². The summed E-state index contributed by atoms with van der Waals surface area (Å²) in [5.74, 6) is -0.265. The van der Waals surface area contributed by atoms with Gasteiger partial charge in [0.1, 0.15) is 12.3 Å². The summed E-state index contributed by atoms with van der Waals surface area (Å²) in [6, 6.07) is 1.88. The monoisotopic (exact) mass is 371 g/mol. The molecule has 1 N–H and O–H groups in total. The molecule has 1 unspecified atom stereocenters. The summed E-state index contributed by atoms with van der Waals surface area (Å²) in [5.41, 5.74) is 0.952. The van der Waals surface area contributed by atoms with E-state index in [2.05, 4.69) is 15.1 Å². The van der Waals surface area contributed by atoms with E-state index in [9.17, 15) is 18.0 Å². The number of aryl methyl sites for hydroxylation is 2. The van der Waals surface area contributed by atoms with Crippen molar-refractivity contribution in [3.63, 3.8) is 0 Å². The highest BCUT2D eigenvalue weighted by Crippen LogP contribution is 2.34. The van der Waals surface area contributed by atoms with E-state index in [4.69, 9.17) is 4.84 Å². The molecule has 10 heteroatoms. The highest BCUT2D eigenvalue weighted by Gasteiger charge is 2.45. The van der Waals surface area contributed by atoms with Crippen LogP contribution in [-0.2, 0) is 9.63 Å². The van der Waals surface area contributed by atoms with Gasteiger partial charge in [-0.2, -0.15) is 13.2 Å². The molecule has 2 aliphatic heterocycles. The van der Waals surface area contributed by atoms with E-state index in [1.54, 1.807) is 0 Å². The molecule has 0 radical (unpaired) electrons. The van der Waals surface area contributed by atoms with Crippen LogP contribution in [0.2, 0.25) is 0 Å². The summed E-state index contributed by atoms with van der Waals surface area (Å²) in [4.78, 5) is 28.3. The third kappa shape index (κ3) is 4.23. The molecule has 2 aliphatic rings. The predicted molar refractivity (Wildman–Crippen MR) is 87.9 cm³/mol. The van der Waals surface area contributed by atoms with Crippen LogP contribution in [0.25, 0.3) is 0 Å². The average molecular weight is 371 g/mol. The number of carbonyl (C=O) groups is 1. The zero-order valence-corrected chi connectivity index (χ0v) is 14.6. The Bertz CT molecular complexity index is 717. The Hall–Kier alpha value is -2.39. The van der Waals surface area contributed by atoms with Crippen molar-refractivity contribution in [3.8, 4) is 0 Å². The molecular weight excluding hydrogens is 351 g/mol. The Kier molecular flexibility index (Phi) is 4.76. The second kappa shape index (κ2) is 6.73. The Morgan fingerprint density at radius 3 is 2.69 bits per heavy atom. The lowest BCUT2D eigenvalue weighted by Gasteiger charge is -2.38. The number of carbonyl (C=O) groups excluding carboxylic acids is 1. The SMILES string of the molecule is Cc1cc(C)nc(N2CCCC3(CC(C(=O)NCC(F)(F)F)=NO3)C2)n1. The van der Waals surface area contributed by atoms with Crippen LogP contribution < -0.4 is 10.2 Å². The Labute approximate surface area is 148 Å². The summed E-state index contributed by atoms with van der Waals surface area (Å²) in [6.45, 7) is 3.55. The van der Waals surface area contributed by atoms with Crippen LogP contribution >= 0.6 is 0 Å². The lowest BCUT2D eigenvalue weighted by Crippen LogP contribution is -2.50. The number of hydrogen-bond donors (Lipinski definition) is 1. The molecule has 1 saturated heterocycles. The van der Waals surface area contributed by atoms with Gasteiger partial charge in [0.2, 0.25) is 5.95 Å². The largest absolute Gasteiger partial charge is 0.405 e. The number of rotatable bonds is 3. The van der Waals surface area contributed by atoms with Crippen molar-refractivity contribution in [2.45, 2.75) is 44.9 Å². The molecule has 0 aliphatic carbocycles. The van der Waals surface area contributed by atoms with Crippen LogP contribution in [0, 0.1) is 13.8 Å². The standard InChI is InChI=1S/C16H20F3N5O2/c1-10-6-11(2)22-14(21-10)24-5-3-4-15(9-24)7-12(23-26-15)13(25)20-8-16(17,18)19/h6H,3-5,7-9H2,1-2H3,(H,20,25). The lowest BCUT2D eigenvalue weighted by molar-refractivity contribution is -0.134. The number of hydrogen-bond acceptors (Lipinski definition) is 6. The fourth-order valence-corrected chi connectivity index (χ4v) is 3.26. The molecule has 0 saturated carbocycles. The molecule has 3 rings (SSSR count). The minimum Gasteiger partial charge on any atom is -0.386 e. The molecule has 1 fully saturated rings. The summed E-state index contributed by atoms with van der Waals surface area (Å²) in [6.07, 6.45) is -2.86.